The minimum Gasteiger partial charge on any atom is -0.466 e. The lowest BCUT2D eigenvalue weighted by molar-refractivity contribution is -0.146. The number of hydrogen-bond donors (Lipinski definition) is 2. The Morgan fingerprint density at radius 3 is 2.78 bits per heavy atom. The molecule has 32 heavy (non-hydrogen) atoms. The first-order chi connectivity index (χ1) is 15.5. The average molecular weight is 464 g/mol. The molecule has 1 unspecified atom stereocenters. The van der Waals surface area contributed by atoms with E-state index in [2.05, 4.69) is 10.6 Å². The molecule has 0 saturated carbocycles. The number of esters is 1. The molecule has 10 heteroatoms. The van der Waals surface area contributed by atoms with Crippen LogP contribution in [0.4, 0.5) is 0 Å². The zero-order chi connectivity index (χ0) is 22.6. The fraction of sp³-hybridized carbons (Fsp3) is 0.591. The molecule has 0 bridgehead atoms. The van der Waals surface area contributed by atoms with Crippen molar-refractivity contribution < 1.29 is 28.6 Å². The molecule has 1 aromatic rings. The predicted octanol–water partition coefficient (Wildman–Crippen LogP) is 1.40. The summed E-state index contributed by atoms with van der Waals surface area (Å²) in [7, 11) is 0. The molecule has 0 aliphatic carbocycles. The van der Waals surface area contributed by atoms with Gasteiger partial charge in [0.2, 0.25) is 18.6 Å². The van der Waals surface area contributed by atoms with Gasteiger partial charge in [-0.2, -0.15) is 0 Å². The highest BCUT2D eigenvalue weighted by Gasteiger charge is 2.44. The number of benzene rings is 1. The van der Waals surface area contributed by atoms with Crippen molar-refractivity contribution in [1.82, 2.24) is 15.5 Å². The Bertz CT molecular complexity index is 871. The molecule has 3 heterocycles. The van der Waals surface area contributed by atoms with Crippen molar-refractivity contribution in [2.75, 3.05) is 32.2 Å². The van der Waals surface area contributed by atoms with Crippen molar-refractivity contribution in [3.05, 3.63) is 23.8 Å². The number of rotatable bonds is 7. The minimum atomic E-state index is -0.336. The number of nitrogens with zero attached hydrogens (tertiary/aromatic N) is 1. The maximum atomic E-state index is 12.7. The van der Waals surface area contributed by atoms with Crippen molar-refractivity contribution in [2.45, 2.75) is 50.1 Å². The Balaban J connectivity index is 1.21. The van der Waals surface area contributed by atoms with Gasteiger partial charge in [-0.3, -0.25) is 19.7 Å². The molecule has 2 saturated heterocycles. The molecule has 3 aliphatic rings. The van der Waals surface area contributed by atoms with Gasteiger partial charge in [0.25, 0.3) is 0 Å². The summed E-state index contributed by atoms with van der Waals surface area (Å²) in [5.41, 5.74) is 0.956. The summed E-state index contributed by atoms with van der Waals surface area (Å²) in [6.45, 7) is 3.97. The molecule has 2 amide bonds. The van der Waals surface area contributed by atoms with Crippen LogP contribution in [0.15, 0.2) is 18.2 Å². The van der Waals surface area contributed by atoms with E-state index in [1.54, 1.807) is 23.6 Å². The second-order valence-electron chi connectivity index (χ2n) is 8.09. The van der Waals surface area contributed by atoms with E-state index in [9.17, 15) is 14.4 Å². The van der Waals surface area contributed by atoms with Gasteiger partial charge in [-0.25, -0.2) is 0 Å². The van der Waals surface area contributed by atoms with Crippen LogP contribution in [0.25, 0.3) is 0 Å². The Kier molecular flexibility index (Phi) is 7.10. The van der Waals surface area contributed by atoms with Crippen LogP contribution >= 0.6 is 11.8 Å². The molecule has 2 N–H and O–H groups in total. The maximum absolute atomic E-state index is 12.7. The summed E-state index contributed by atoms with van der Waals surface area (Å²) >= 11 is 1.76. The average Bonchev–Trinajstić information content (AvgIpc) is 3.43. The summed E-state index contributed by atoms with van der Waals surface area (Å²) in [4.78, 5) is 38.2. The smallest absolute Gasteiger partial charge is 0.306 e. The molecular weight excluding hydrogens is 434 g/mol. The Hall–Kier alpha value is -2.46. The van der Waals surface area contributed by atoms with Gasteiger partial charge in [0.05, 0.1) is 23.9 Å². The van der Waals surface area contributed by atoms with E-state index in [0.717, 1.165) is 24.2 Å². The van der Waals surface area contributed by atoms with Gasteiger partial charge in [0.1, 0.15) is 0 Å². The van der Waals surface area contributed by atoms with Gasteiger partial charge < -0.3 is 24.4 Å². The highest BCUT2D eigenvalue weighted by atomic mass is 32.2. The van der Waals surface area contributed by atoms with Crippen LogP contribution in [0, 0.1) is 0 Å². The predicted molar refractivity (Wildman–Crippen MR) is 118 cm³/mol. The first-order valence-corrected chi connectivity index (χ1v) is 12.0. The number of nitrogens with one attached hydrogen (secondary N) is 2. The molecule has 174 valence electrons. The van der Waals surface area contributed by atoms with Gasteiger partial charge in [-0.15, -0.1) is 11.8 Å². The van der Waals surface area contributed by atoms with Crippen LogP contribution < -0.4 is 20.1 Å². The molecule has 3 aliphatic heterocycles. The number of piperidine rings is 1. The highest BCUT2D eigenvalue weighted by molar-refractivity contribution is 8.01. The molecule has 0 aromatic heterocycles. The lowest BCUT2D eigenvalue weighted by Gasteiger charge is -2.39. The maximum Gasteiger partial charge on any atom is 0.306 e. The summed E-state index contributed by atoms with van der Waals surface area (Å²) in [5.74, 6) is 1.74. The number of hydrogen-bond acceptors (Lipinski definition) is 8. The molecular formula is C22H29N3O6S. The van der Waals surface area contributed by atoms with E-state index in [-0.39, 0.29) is 48.3 Å². The third-order valence-corrected chi connectivity index (χ3v) is 7.53. The number of fused-ring (bicyclic) bond motifs is 1. The highest BCUT2D eigenvalue weighted by Crippen LogP contribution is 2.39. The standard InChI is InChI=1S/C22H29N3O6S/c1-2-29-20(27)6-5-19(26)25-9-7-22(8-10-25)24-16(13-32-22)21(28)23-12-15-3-4-17-18(11-15)31-14-30-17/h3-4,11,16,24H,2,5-10,12-14H2,1H3,(H,23,28). The van der Waals surface area contributed by atoms with Crippen LogP contribution in [-0.2, 0) is 25.7 Å². The monoisotopic (exact) mass is 463 g/mol. The first kappa shape index (κ1) is 22.7. The fourth-order valence-corrected chi connectivity index (χ4v) is 5.57. The summed E-state index contributed by atoms with van der Waals surface area (Å²) in [6.07, 6.45) is 1.84. The fourth-order valence-electron chi connectivity index (χ4n) is 4.15. The van der Waals surface area contributed by atoms with Crippen LogP contribution in [0.2, 0.25) is 0 Å². The Labute approximate surface area is 191 Å². The van der Waals surface area contributed by atoms with Crippen LogP contribution in [-0.4, -0.2) is 65.8 Å². The second-order valence-corrected chi connectivity index (χ2v) is 9.50. The van der Waals surface area contributed by atoms with Gasteiger partial charge >= 0.3 is 5.97 Å². The molecule has 1 atom stereocenters. The number of amides is 2. The van der Waals surface area contributed by atoms with E-state index in [1.807, 2.05) is 18.2 Å². The second kappa shape index (κ2) is 9.99. The van der Waals surface area contributed by atoms with Crippen molar-refractivity contribution in [3.63, 3.8) is 0 Å². The Morgan fingerprint density at radius 2 is 2.00 bits per heavy atom. The molecule has 9 nitrogen and oxygen atoms in total. The molecule has 4 rings (SSSR count). The molecule has 0 radical (unpaired) electrons. The molecule has 1 spiro atoms. The topological polar surface area (TPSA) is 106 Å². The minimum absolute atomic E-state index is 0.0195. The third-order valence-electron chi connectivity index (χ3n) is 5.96. The van der Waals surface area contributed by atoms with E-state index < -0.39 is 0 Å². The van der Waals surface area contributed by atoms with Crippen molar-refractivity contribution in [3.8, 4) is 11.5 Å². The lowest BCUT2D eigenvalue weighted by Crippen LogP contribution is -2.54. The number of likely N-dealkylation sites (tertiary alicyclic amines) is 1. The SMILES string of the molecule is CCOC(=O)CCC(=O)N1CCC2(CC1)NC(C(=O)NCc1ccc3c(c1)OCO3)CS2. The Morgan fingerprint density at radius 1 is 1.22 bits per heavy atom. The van der Waals surface area contributed by atoms with Crippen LogP contribution in [0.1, 0.15) is 38.2 Å². The first-order valence-electron chi connectivity index (χ1n) is 11.0. The summed E-state index contributed by atoms with van der Waals surface area (Å²) < 4.78 is 15.6. The van der Waals surface area contributed by atoms with Gasteiger partial charge in [0.15, 0.2) is 11.5 Å². The van der Waals surface area contributed by atoms with E-state index in [4.69, 9.17) is 14.2 Å². The zero-order valence-electron chi connectivity index (χ0n) is 18.2. The zero-order valence-corrected chi connectivity index (χ0v) is 19.0. The van der Waals surface area contributed by atoms with Gasteiger partial charge in [-0.05, 0) is 37.5 Å². The molecule has 1 aromatic carbocycles. The number of carbonyl (C=O) groups excluding carboxylic acids is 3. The number of ether oxygens (including phenoxy) is 3. The van der Waals surface area contributed by atoms with Crippen LogP contribution in [0.3, 0.4) is 0 Å². The van der Waals surface area contributed by atoms with Gasteiger partial charge in [0, 0.05) is 31.8 Å². The van der Waals surface area contributed by atoms with Crippen LogP contribution in [0.5, 0.6) is 11.5 Å². The largest absolute Gasteiger partial charge is 0.466 e. The normalized spacial score (nSPS) is 20.9. The quantitative estimate of drug-likeness (QED) is 0.585. The van der Waals surface area contributed by atoms with Crippen molar-refractivity contribution >= 4 is 29.5 Å². The number of thioether (sulfide) groups is 1. The van der Waals surface area contributed by atoms with Crippen molar-refractivity contribution in [1.29, 1.82) is 0 Å². The summed E-state index contributed by atoms with van der Waals surface area (Å²) in [5, 5.41) is 6.50. The number of carbonyl (C=O) groups is 3. The van der Waals surface area contributed by atoms with E-state index in [1.165, 1.54) is 0 Å². The van der Waals surface area contributed by atoms with E-state index in [0.29, 0.717) is 37.7 Å². The summed E-state index contributed by atoms with van der Waals surface area (Å²) in [6, 6.07) is 5.39. The lowest BCUT2D eigenvalue weighted by atomic mass is 10.0. The molecule has 2 fully saturated rings. The third kappa shape index (κ3) is 5.29. The van der Waals surface area contributed by atoms with E-state index >= 15 is 0 Å². The van der Waals surface area contributed by atoms with Gasteiger partial charge in [-0.1, -0.05) is 6.07 Å². The van der Waals surface area contributed by atoms with Crippen molar-refractivity contribution in [2.24, 2.45) is 0 Å².